The molecule has 2 aromatic rings. The number of aryl methyl sites for hydroxylation is 1. The first-order chi connectivity index (χ1) is 15.6. The summed E-state index contributed by atoms with van der Waals surface area (Å²) in [4.78, 5) is 19.6. The summed E-state index contributed by atoms with van der Waals surface area (Å²) >= 11 is 0. The number of anilines is 1. The van der Waals surface area contributed by atoms with Crippen LogP contribution in [0.2, 0.25) is 0 Å². The molecule has 1 saturated heterocycles. The average molecular weight is 472 g/mol. The molecule has 0 unspecified atom stereocenters. The lowest BCUT2D eigenvalue weighted by Gasteiger charge is -2.37. The lowest BCUT2D eigenvalue weighted by Crippen LogP contribution is -2.42. The van der Waals surface area contributed by atoms with E-state index in [1.54, 1.807) is 27.5 Å². The largest absolute Gasteiger partial charge is 0.443 e. The molecule has 178 valence electrons. The van der Waals surface area contributed by atoms with E-state index in [1.165, 1.54) is 0 Å². The summed E-state index contributed by atoms with van der Waals surface area (Å²) in [6, 6.07) is 10.3. The number of piperidine rings is 1. The predicted molar refractivity (Wildman–Crippen MR) is 128 cm³/mol. The van der Waals surface area contributed by atoms with Crippen molar-refractivity contribution in [3.63, 3.8) is 0 Å². The van der Waals surface area contributed by atoms with Crippen molar-refractivity contribution in [2.45, 2.75) is 82.4 Å². The summed E-state index contributed by atoms with van der Waals surface area (Å²) in [5, 5.41) is 0. The summed E-state index contributed by atoms with van der Waals surface area (Å²) in [5.41, 5.74) is 1.13. The Morgan fingerprint density at radius 1 is 1.09 bits per heavy atom. The third kappa shape index (κ3) is 5.22. The van der Waals surface area contributed by atoms with Gasteiger partial charge in [0, 0.05) is 24.3 Å². The quantitative estimate of drug-likeness (QED) is 0.598. The highest BCUT2D eigenvalue weighted by molar-refractivity contribution is 7.89. The zero-order valence-corrected chi connectivity index (χ0v) is 20.6. The highest BCUT2D eigenvalue weighted by Crippen LogP contribution is 2.41. The van der Waals surface area contributed by atoms with Crippen molar-refractivity contribution in [1.82, 2.24) is 9.29 Å². The zero-order valence-electron chi connectivity index (χ0n) is 19.8. The van der Waals surface area contributed by atoms with Gasteiger partial charge < -0.3 is 4.74 Å². The van der Waals surface area contributed by atoms with Crippen LogP contribution >= 0.6 is 0 Å². The van der Waals surface area contributed by atoms with E-state index in [0.717, 1.165) is 36.8 Å². The number of rotatable bonds is 5. The van der Waals surface area contributed by atoms with Crippen LogP contribution in [0.5, 0.6) is 0 Å². The molecule has 8 heteroatoms. The minimum Gasteiger partial charge on any atom is -0.443 e. The molecule has 4 rings (SSSR count). The van der Waals surface area contributed by atoms with Gasteiger partial charge in [0.15, 0.2) is 0 Å². The van der Waals surface area contributed by atoms with Crippen LogP contribution in [0.4, 0.5) is 10.6 Å². The van der Waals surface area contributed by atoms with Gasteiger partial charge in [0.1, 0.15) is 11.4 Å². The first-order valence-electron chi connectivity index (χ1n) is 11.6. The van der Waals surface area contributed by atoms with Crippen LogP contribution in [0, 0.1) is 6.92 Å². The van der Waals surface area contributed by atoms with E-state index < -0.39 is 27.8 Å². The van der Waals surface area contributed by atoms with E-state index in [0.29, 0.717) is 18.8 Å². The second-order valence-corrected chi connectivity index (χ2v) is 11.8. The Labute approximate surface area is 196 Å². The van der Waals surface area contributed by atoms with E-state index in [1.807, 2.05) is 52.0 Å². The lowest BCUT2D eigenvalue weighted by atomic mass is 9.97. The molecule has 1 aliphatic carbocycles. The summed E-state index contributed by atoms with van der Waals surface area (Å²) in [5.74, 6) is 0.505. The number of aromatic nitrogens is 1. The predicted octanol–water partition coefficient (Wildman–Crippen LogP) is 5.21. The number of ether oxygens (including phenoxy) is 1. The molecule has 33 heavy (non-hydrogen) atoms. The number of pyridine rings is 1. The molecule has 1 aromatic carbocycles. The van der Waals surface area contributed by atoms with Gasteiger partial charge in [-0.2, -0.15) is 4.31 Å². The Morgan fingerprint density at radius 3 is 2.42 bits per heavy atom. The molecular weight excluding hydrogens is 438 g/mol. The normalized spacial score (nSPS) is 19.8. The summed E-state index contributed by atoms with van der Waals surface area (Å²) in [6.45, 7) is 7.89. The van der Waals surface area contributed by atoms with Gasteiger partial charge >= 0.3 is 6.09 Å². The maximum atomic E-state index is 13.6. The fourth-order valence-corrected chi connectivity index (χ4v) is 5.95. The topological polar surface area (TPSA) is 79.8 Å². The van der Waals surface area contributed by atoms with Crippen molar-refractivity contribution in [2.75, 3.05) is 11.4 Å². The molecule has 1 aliphatic heterocycles. The smallest absolute Gasteiger partial charge is 0.416 e. The average Bonchev–Trinajstić information content (AvgIpc) is 3.58. The maximum Gasteiger partial charge on any atom is 0.416 e. The van der Waals surface area contributed by atoms with Crippen LogP contribution in [0.25, 0.3) is 0 Å². The molecule has 2 aliphatic rings. The molecule has 7 nitrogen and oxygen atoms in total. The lowest BCUT2D eigenvalue weighted by molar-refractivity contribution is 0.0576. The van der Waals surface area contributed by atoms with Crippen molar-refractivity contribution in [2.24, 2.45) is 0 Å². The zero-order chi connectivity index (χ0) is 23.8. The standard InChI is InChI=1S/C25H33N3O4S/c1-18-10-14-20(15-11-18)33(30,31)27-17-6-5-9-22(27)21-8-7-16-26-23(21)28(19-12-13-19)24(29)32-25(2,3)4/h7-8,10-11,14-16,19,22H,5-6,9,12-13,17H2,1-4H3/t22-/m0/s1. The fourth-order valence-electron chi connectivity index (χ4n) is 4.27. The minimum atomic E-state index is -3.70. The van der Waals surface area contributed by atoms with Gasteiger partial charge in [-0.25, -0.2) is 18.2 Å². The van der Waals surface area contributed by atoms with Gasteiger partial charge in [-0.1, -0.05) is 30.2 Å². The number of hydrogen-bond donors (Lipinski definition) is 0. The number of nitrogens with zero attached hydrogens (tertiary/aromatic N) is 3. The molecule has 0 radical (unpaired) electrons. The van der Waals surface area contributed by atoms with Crippen LogP contribution in [0.15, 0.2) is 47.5 Å². The molecule has 1 atom stereocenters. The molecule has 1 aromatic heterocycles. The first-order valence-corrected chi connectivity index (χ1v) is 13.1. The third-order valence-corrected chi connectivity index (χ3v) is 7.91. The summed E-state index contributed by atoms with van der Waals surface area (Å²) in [7, 11) is -3.70. The fraction of sp³-hybridized carbons (Fsp3) is 0.520. The number of sulfonamides is 1. The summed E-state index contributed by atoms with van der Waals surface area (Å²) in [6.07, 6.45) is 5.37. The number of carbonyl (C=O) groups excluding carboxylic acids is 1. The van der Waals surface area contributed by atoms with E-state index in [-0.39, 0.29) is 10.9 Å². The minimum absolute atomic E-state index is 0.0271. The Hall–Kier alpha value is -2.45. The second kappa shape index (κ2) is 9.06. The van der Waals surface area contributed by atoms with Crippen LogP contribution in [-0.2, 0) is 14.8 Å². The van der Waals surface area contributed by atoms with E-state index in [9.17, 15) is 13.2 Å². The Balaban J connectivity index is 1.73. The highest BCUT2D eigenvalue weighted by Gasteiger charge is 2.41. The molecule has 0 N–H and O–H groups in total. The number of hydrogen-bond acceptors (Lipinski definition) is 5. The van der Waals surface area contributed by atoms with E-state index in [4.69, 9.17) is 4.74 Å². The van der Waals surface area contributed by atoms with Crippen molar-refractivity contribution in [3.8, 4) is 0 Å². The summed E-state index contributed by atoms with van der Waals surface area (Å²) < 4.78 is 34.5. The third-order valence-electron chi connectivity index (χ3n) is 5.99. The van der Waals surface area contributed by atoms with Gasteiger partial charge in [0.25, 0.3) is 0 Å². The van der Waals surface area contributed by atoms with Gasteiger partial charge in [0.05, 0.1) is 10.9 Å². The van der Waals surface area contributed by atoms with Gasteiger partial charge in [-0.05, 0) is 71.6 Å². The molecule has 1 amide bonds. The molecular formula is C25H33N3O4S. The number of carbonyl (C=O) groups is 1. The van der Waals surface area contributed by atoms with Gasteiger partial charge in [0.2, 0.25) is 10.0 Å². The molecule has 0 spiro atoms. The number of amides is 1. The SMILES string of the molecule is Cc1ccc(S(=O)(=O)N2CCCC[C@H]2c2cccnc2N(C(=O)OC(C)(C)C)C2CC2)cc1. The van der Waals surface area contributed by atoms with Crippen molar-refractivity contribution in [1.29, 1.82) is 0 Å². The Bertz CT molecular complexity index is 1110. The van der Waals surface area contributed by atoms with Crippen molar-refractivity contribution in [3.05, 3.63) is 53.7 Å². The molecule has 2 heterocycles. The molecule has 0 bridgehead atoms. The number of benzene rings is 1. The first kappa shape index (κ1) is 23.7. The highest BCUT2D eigenvalue weighted by atomic mass is 32.2. The van der Waals surface area contributed by atoms with Crippen molar-refractivity contribution < 1.29 is 17.9 Å². The Kier molecular flexibility index (Phi) is 6.51. The van der Waals surface area contributed by atoms with Gasteiger partial charge in [-0.3, -0.25) is 4.90 Å². The second-order valence-electron chi connectivity index (χ2n) is 9.94. The van der Waals surface area contributed by atoms with Gasteiger partial charge in [-0.15, -0.1) is 0 Å². The molecule has 2 fully saturated rings. The van der Waals surface area contributed by atoms with Crippen LogP contribution in [0.3, 0.4) is 0 Å². The van der Waals surface area contributed by atoms with E-state index in [2.05, 4.69) is 4.98 Å². The Morgan fingerprint density at radius 2 is 1.79 bits per heavy atom. The molecule has 1 saturated carbocycles. The van der Waals surface area contributed by atoms with Crippen LogP contribution in [0.1, 0.15) is 70.0 Å². The maximum absolute atomic E-state index is 13.6. The van der Waals surface area contributed by atoms with Crippen molar-refractivity contribution >= 4 is 21.9 Å². The van der Waals surface area contributed by atoms with Crippen LogP contribution < -0.4 is 4.90 Å². The van der Waals surface area contributed by atoms with E-state index >= 15 is 0 Å². The monoisotopic (exact) mass is 471 g/mol. The van der Waals surface area contributed by atoms with Crippen LogP contribution in [-0.4, -0.2) is 42.0 Å².